The fourth-order valence-corrected chi connectivity index (χ4v) is 3.19. The van der Waals surface area contributed by atoms with E-state index in [0.29, 0.717) is 12.0 Å². The number of rotatable bonds is 2. The van der Waals surface area contributed by atoms with Gasteiger partial charge in [0, 0.05) is 17.5 Å². The Balaban J connectivity index is 1.83. The Morgan fingerprint density at radius 3 is 2.60 bits per heavy atom. The Kier molecular flexibility index (Phi) is 3.62. The summed E-state index contributed by atoms with van der Waals surface area (Å²) in [5.74, 6) is 1.68. The van der Waals surface area contributed by atoms with Crippen LogP contribution in [0.15, 0.2) is 24.4 Å². The molecule has 3 heteroatoms. The zero-order valence-corrected chi connectivity index (χ0v) is 12.3. The molecule has 0 amide bonds. The van der Waals surface area contributed by atoms with E-state index in [0.717, 1.165) is 37.2 Å². The number of nitrogens with one attached hydrogen (secondary N) is 1. The molecule has 1 saturated carbocycles. The SMILES string of the molecule is Cc1ccc(-c2cnc(C3CCC(N)CC3)[nH]2)c(C)c1. The summed E-state index contributed by atoms with van der Waals surface area (Å²) in [7, 11) is 0. The maximum absolute atomic E-state index is 5.97. The summed E-state index contributed by atoms with van der Waals surface area (Å²) in [4.78, 5) is 8.13. The fraction of sp³-hybridized carbons (Fsp3) is 0.471. The molecule has 3 rings (SSSR count). The topological polar surface area (TPSA) is 54.7 Å². The minimum atomic E-state index is 0.389. The molecule has 20 heavy (non-hydrogen) atoms. The van der Waals surface area contributed by atoms with Crippen molar-refractivity contribution in [3.05, 3.63) is 41.3 Å². The molecule has 1 aromatic heterocycles. The molecule has 3 N–H and O–H groups in total. The molecule has 3 nitrogen and oxygen atoms in total. The highest BCUT2D eigenvalue weighted by molar-refractivity contribution is 5.63. The standard InChI is InChI=1S/C17H23N3/c1-11-3-8-15(12(2)9-11)16-10-19-17(20-16)13-4-6-14(18)7-5-13/h3,8-10,13-14H,4-7,18H2,1-2H3,(H,19,20). The average Bonchev–Trinajstić information content (AvgIpc) is 2.89. The number of nitrogens with zero attached hydrogens (tertiary/aromatic N) is 1. The van der Waals surface area contributed by atoms with E-state index >= 15 is 0 Å². The zero-order chi connectivity index (χ0) is 14.1. The molecule has 1 aliphatic carbocycles. The first-order valence-corrected chi connectivity index (χ1v) is 7.51. The molecule has 106 valence electrons. The Hall–Kier alpha value is -1.61. The minimum absolute atomic E-state index is 0.389. The molecule has 1 heterocycles. The second-order valence-corrected chi connectivity index (χ2v) is 6.11. The first-order chi connectivity index (χ1) is 9.63. The van der Waals surface area contributed by atoms with Crippen LogP contribution in [0.1, 0.15) is 48.6 Å². The number of aromatic amines is 1. The average molecular weight is 269 g/mol. The van der Waals surface area contributed by atoms with Crippen molar-refractivity contribution in [3.63, 3.8) is 0 Å². The van der Waals surface area contributed by atoms with Crippen molar-refractivity contribution in [2.75, 3.05) is 0 Å². The van der Waals surface area contributed by atoms with Crippen LogP contribution in [0.4, 0.5) is 0 Å². The summed E-state index contributed by atoms with van der Waals surface area (Å²) < 4.78 is 0. The van der Waals surface area contributed by atoms with Gasteiger partial charge in [0.25, 0.3) is 0 Å². The fourth-order valence-electron chi connectivity index (χ4n) is 3.19. The smallest absolute Gasteiger partial charge is 0.109 e. The second kappa shape index (κ2) is 5.41. The van der Waals surface area contributed by atoms with Crippen molar-refractivity contribution in [2.24, 2.45) is 5.73 Å². The first-order valence-electron chi connectivity index (χ1n) is 7.51. The third kappa shape index (κ3) is 2.63. The van der Waals surface area contributed by atoms with E-state index in [1.807, 2.05) is 6.20 Å². The Bertz CT molecular complexity index is 592. The number of aromatic nitrogens is 2. The Labute approximate surface area is 120 Å². The summed E-state index contributed by atoms with van der Waals surface area (Å²) in [5.41, 5.74) is 11.0. The Morgan fingerprint density at radius 2 is 1.90 bits per heavy atom. The molecule has 0 atom stereocenters. The number of hydrogen-bond acceptors (Lipinski definition) is 2. The van der Waals surface area contributed by atoms with Crippen LogP contribution in [0, 0.1) is 13.8 Å². The molecular formula is C17H23N3. The monoisotopic (exact) mass is 269 g/mol. The van der Waals surface area contributed by atoms with Gasteiger partial charge < -0.3 is 10.7 Å². The lowest BCUT2D eigenvalue weighted by molar-refractivity contribution is 0.386. The largest absolute Gasteiger partial charge is 0.342 e. The van der Waals surface area contributed by atoms with E-state index in [1.165, 1.54) is 16.7 Å². The maximum atomic E-state index is 5.97. The number of nitrogens with two attached hydrogens (primary N) is 1. The molecule has 2 aromatic rings. The summed E-state index contributed by atoms with van der Waals surface area (Å²) in [5, 5.41) is 0. The number of benzene rings is 1. The van der Waals surface area contributed by atoms with E-state index in [-0.39, 0.29) is 0 Å². The third-order valence-electron chi connectivity index (χ3n) is 4.43. The van der Waals surface area contributed by atoms with Gasteiger partial charge in [0.1, 0.15) is 5.82 Å². The van der Waals surface area contributed by atoms with E-state index in [9.17, 15) is 0 Å². The lowest BCUT2D eigenvalue weighted by Crippen LogP contribution is -2.26. The van der Waals surface area contributed by atoms with Gasteiger partial charge in [-0.3, -0.25) is 0 Å². The number of H-pyrrole nitrogens is 1. The van der Waals surface area contributed by atoms with Gasteiger partial charge in [-0.1, -0.05) is 23.8 Å². The quantitative estimate of drug-likeness (QED) is 0.873. The summed E-state index contributed by atoms with van der Waals surface area (Å²) >= 11 is 0. The highest BCUT2D eigenvalue weighted by Crippen LogP contribution is 2.32. The predicted octanol–water partition coefficient (Wildman–Crippen LogP) is 3.68. The van der Waals surface area contributed by atoms with Crippen molar-refractivity contribution in [1.82, 2.24) is 9.97 Å². The van der Waals surface area contributed by atoms with Gasteiger partial charge in [0.2, 0.25) is 0 Å². The van der Waals surface area contributed by atoms with Crippen molar-refractivity contribution in [3.8, 4) is 11.3 Å². The normalized spacial score (nSPS) is 22.9. The maximum Gasteiger partial charge on any atom is 0.109 e. The van der Waals surface area contributed by atoms with Crippen LogP contribution in [0.5, 0.6) is 0 Å². The van der Waals surface area contributed by atoms with Crippen LogP contribution in [-0.2, 0) is 0 Å². The molecule has 1 aromatic carbocycles. The van der Waals surface area contributed by atoms with Gasteiger partial charge in [-0.2, -0.15) is 0 Å². The van der Waals surface area contributed by atoms with Gasteiger partial charge in [0.15, 0.2) is 0 Å². The number of imidazole rings is 1. The van der Waals surface area contributed by atoms with E-state index in [4.69, 9.17) is 5.73 Å². The van der Waals surface area contributed by atoms with Gasteiger partial charge in [-0.15, -0.1) is 0 Å². The van der Waals surface area contributed by atoms with E-state index < -0.39 is 0 Å². The highest BCUT2D eigenvalue weighted by Gasteiger charge is 2.22. The van der Waals surface area contributed by atoms with E-state index in [2.05, 4.69) is 42.0 Å². The molecule has 0 radical (unpaired) electrons. The van der Waals surface area contributed by atoms with Crippen molar-refractivity contribution in [2.45, 2.75) is 51.5 Å². The minimum Gasteiger partial charge on any atom is -0.342 e. The van der Waals surface area contributed by atoms with Gasteiger partial charge in [-0.05, 0) is 45.1 Å². The number of hydrogen-bond donors (Lipinski definition) is 2. The summed E-state index contributed by atoms with van der Waals surface area (Å²) in [6, 6.07) is 6.94. The molecular weight excluding hydrogens is 246 g/mol. The molecule has 1 fully saturated rings. The van der Waals surface area contributed by atoms with Crippen LogP contribution in [0.25, 0.3) is 11.3 Å². The first kappa shape index (κ1) is 13.4. The van der Waals surface area contributed by atoms with Gasteiger partial charge in [-0.25, -0.2) is 4.98 Å². The van der Waals surface area contributed by atoms with Crippen LogP contribution in [-0.4, -0.2) is 16.0 Å². The predicted molar refractivity (Wildman–Crippen MR) is 82.7 cm³/mol. The number of aryl methyl sites for hydroxylation is 2. The molecule has 0 aliphatic heterocycles. The second-order valence-electron chi connectivity index (χ2n) is 6.11. The van der Waals surface area contributed by atoms with E-state index in [1.54, 1.807) is 0 Å². The van der Waals surface area contributed by atoms with Gasteiger partial charge in [0.05, 0.1) is 11.9 Å². The molecule has 0 saturated heterocycles. The molecule has 1 aliphatic rings. The molecule has 0 bridgehead atoms. The van der Waals surface area contributed by atoms with Crippen molar-refractivity contribution in [1.29, 1.82) is 0 Å². The summed E-state index contributed by atoms with van der Waals surface area (Å²) in [6.45, 7) is 4.28. The molecule has 0 spiro atoms. The van der Waals surface area contributed by atoms with Crippen LogP contribution >= 0.6 is 0 Å². The van der Waals surface area contributed by atoms with Crippen molar-refractivity contribution < 1.29 is 0 Å². The van der Waals surface area contributed by atoms with Crippen molar-refractivity contribution >= 4 is 0 Å². The van der Waals surface area contributed by atoms with Crippen LogP contribution < -0.4 is 5.73 Å². The van der Waals surface area contributed by atoms with Crippen LogP contribution in [0.3, 0.4) is 0 Å². The third-order valence-corrected chi connectivity index (χ3v) is 4.43. The summed E-state index contributed by atoms with van der Waals surface area (Å²) in [6.07, 6.45) is 6.51. The highest BCUT2D eigenvalue weighted by atomic mass is 14.9. The Morgan fingerprint density at radius 1 is 1.15 bits per heavy atom. The lowest BCUT2D eigenvalue weighted by atomic mass is 9.86. The molecule has 0 unspecified atom stereocenters. The van der Waals surface area contributed by atoms with Gasteiger partial charge >= 0.3 is 0 Å². The zero-order valence-electron chi connectivity index (χ0n) is 12.3. The van der Waals surface area contributed by atoms with Crippen LogP contribution in [0.2, 0.25) is 0 Å². The lowest BCUT2D eigenvalue weighted by Gasteiger charge is -2.24.